The van der Waals surface area contributed by atoms with Crippen LogP contribution in [-0.2, 0) is 19.4 Å². The first kappa shape index (κ1) is 20.2. The van der Waals surface area contributed by atoms with Gasteiger partial charge in [-0.25, -0.2) is 9.97 Å². The number of carbonyl (C=O) groups is 1. The number of fused-ring (bicyclic) bond motifs is 2. The van der Waals surface area contributed by atoms with Crippen LogP contribution in [0.15, 0.2) is 54.7 Å². The van der Waals surface area contributed by atoms with Crippen LogP contribution in [0.4, 0.5) is 5.82 Å². The number of carbonyl (C=O) groups excluding carboxylic acids is 1. The number of pyridine rings is 1. The van der Waals surface area contributed by atoms with Crippen molar-refractivity contribution in [2.75, 3.05) is 5.32 Å². The van der Waals surface area contributed by atoms with Gasteiger partial charge in [0, 0.05) is 24.0 Å². The molecule has 1 aromatic carbocycles. The number of anilines is 1. The van der Waals surface area contributed by atoms with Gasteiger partial charge in [0.25, 0.3) is 5.91 Å². The molecule has 1 amide bonds. The minimum Gasteiger partial charge on any atom is -0.366 e. The van der Waals surface area contributed by atoms with E-state index in [1.807, 2.05) is 35.7 Å². The lowest BCUT2D eigenvalue weighted by Crippen LogP contribution is -2.12. The van der Waals surface area contributed by atoms with E-state index in [0.717, 1.165) is 54.0 Å². The molecular formula is C26H27N5O. The molecule has 0 radical (unpaired) electrons. The molecule has 3 heterocycles. The van der Waals surface area contributed by atoms with Crippen LogP contribution in [0.1, 0.15) is 52.0 Å². The van der Waals surface area contributed by atoms with Gasteiger partial charge in [0.05, 0.1) is 16.8 Å². The van der Waals surface area contributed by atoms with E-state index in [-0.39, 0.29) is 0 Å². The minimum absolute atomic E-state index is 0.437. The Labute approximate surface area is 187 Å². The molecule has 0 saturated carbocycles. The Morgan fingerprint density at radius 2 is 1.88 bits per heavy atom. The SMILES string of the molecule is Cc1cc2c(C(N)=O)cccn2c1-c1nc2c(c(NCc3ccccc3)n1)CCCCC2. The van der Waals surface area contributed by atoms with Crippen LogP contribution in [0.2, 0.25) is 0 Å². The number of amides is 1. The Hall–Kier alpha value is -3.67. The summed E-state index contributed by atoms with van der Waals surface area (Å²) in [5, 5.41) is 3.58. The average molecular weight is 426 g/mol. The van der Waals surface area contributed by atoms with E-state index in [2.05, 4.69) is 29.6 Å². The topological polar surface area (TPSA) is 85.3 Å². The van der Waals surface area contributed by atoms with Gasteiger partial charge in [0.15, 0.2) is 5.82 Å². The lowest BCUT2D eigenvalue weighted by atomic mass is 10.1. The zero-order chi connectivity index (χ0) is 22.1. The lowest BCUT2D eigenvalue weighted by Gasteiger charge is -2.16. The van der Waals surface area contributed by atoms with Crippen molar-refractivity contribution in [3.63, 3.8) is 0 Å². The Kier molecular flexibility index (Phi) is 5.35. The van der Waals surface area contributed by atoms with Gasteiger partial charge in [0.1, 0.15) is 5.82 Å². The van der Waals surface area contributed by atoms with Crippen molar-refractivity contribution in [2.24, 2.45) is 5.73 Å². The van der Waals surface area contributed by atoms with E-state index in [1.165, 1.54) is 17.5 Å². The predicted octanol–water partition coefficient (Wildman–Crippen LogP) is 4.68. The fourth-order valence-electron chi connectivity index (χ4n) is 4.62. The molecule has 4 aromatic rings. The number of hydrogen-bond donors (Lipinski definition) is 2. The fraction of sp³-hybridized carbons (Fsp3) is 0.269. The molecule has 0 fully saturated rings. The van der Waals surface area contributed by atoms with Gasteiger partial charge in [-0.3, -0.25) is 4.79 Å². The second-order valence-electron chi connectivity index (χ2n) is 8.44. The first-order valence-electron chi connectivity index (χ1n) is 11.2. The lowest BCUT2D eigenvalue weighted by molar-refractivity contribution is 0.100. The number of nitrogens with one attached hydrogen (secondary N) is 1. The zero-order valence-corrected chi connectivity index (χ0v) is 18.3. The summed E-state index contributed by atoms with van der Waals surface area (Å²) in [5.74, 6) is 1.16. The van der Waals surface area contributed by atoms with Crippen LogP contribution in [0.25, 0.3) is 17.0 Å². The van der Waals surface area contributed by atoms with E-state index in [1.54, 1.807) is 6.07 Å². The molecule has 3 N–H and O–H groups in total. The van der Waals surface area contributed by atoms with Crippen LogP contribution in [0, 0.1) is 6.92 Å². The molecule has 5 rings (SSSR count). The molecule has 0 atom stereocenters. The van der Waals surface area contributed by atoms with Crippen molar-refractivity contribution < 1.29 is 4.79 Å². The van der Waals surface area contributed by atoms with E-state index >= 15 is 0 Å². The van der Waals surface area contributed by atoms with Crippen molar-refractivity contribution in [1.82, 2.24) is 14.4 Å². The molecule has 0 spiro atoms. The summed E-state index contributed by atoms with van der Waals surface area (Å²) in [6.07, 6.45) is 7.40. The molecule has 0 aliphatic heterocycles. The van der Waals surface area contributed by atoms with Gasteiger partial charge in [-0.1, -0.05) is 36.8 Å². The van der Waals surface area contributed by atoms with Crippen LogP contribution in [0.5, 0.6) is 0 Å². The molecule has 6 heteroatoms. The van der Waals surface area contributed by atoms with Crippen molar-refractivity contribution >= 4 is 17.2 Å². The highest BCUT2D eigenvalue weighted by atomic mass is 16.1. The van der Waals surface area contributed by atoms with Crippen molar-refractivity contribution in [3.8, 4) is 11.5 Å². The smallest absolute Gasteiger partial charge is 0.250 e. The van der Waals surface area contributed by atoms with Gasteiger partial charge in [-0.05, 0) is 61.9 Å². The number of aromatic nitrogens is 3. The summed E-state index contributed by atoms with van der Waals surface area (Å²) in [7, 11) is 0. The number of nitrogens with zero attached hydrogens (tertiary/aromatic N) is 3. The molecule has 32 heavy (non-hydrogen) atoms. The van der Waals surface area contributed by atoms with Crippen molar-refractivity contribution in [3.05, 3.63) is 82.7 Å². The Bertz CT molecular complexity index is 1290. The van der Waals surface area contributed by atoms with Crippen molar-refractivity contribution in [1.29, 1.82) is 0 Å². The monoisotopic (exact) mass is 425 g/mol. The summed E-state index contributed by atoms with van der Waals surface area (Å²) in [4.78, 5) is 22.0. The third-order valence-corrected chi connectivity index (χ3v) is 6.21. The third-order valence-electron chi connectivity index (χ3n) is 6.21. The number of aryl methyl sites for hydroxylation is 2. The highest BCUT2D eigenvalue weighted by Gasteiger charge is 2.21. The summed E-state index contributed by atoms with van der Waals surface area (Å²) in [6, 6.07) is 15.9. The summed E-state index contributed by atoms with van der Waals surface area (Å²) >= 11 is 0. The Morgan fingerprint density at radius 3 is 2.69 bits per heavy atom. The largest absolute Gasteiger partial charge is 0.366 e. The van der Waals surface area contributed by atoms with Gasteiger partial charge in [-0.2, -0.15) is 0 Å². The highest BCUT2D eigenvalue weighted by Crippen LogP contribution is 2.31. The van der Waals surface area contributed by atoms with Crippen LogP contribution < -0.4 is 11.1 Å². The predicted molar refractivity (Wildman–Crippen MR) is 127 cm³/mol. The average Bonchev–Trinajstić information content (AvgIpc) is 2.96. The maximum absolute atomic E-state index is 11.9. The van der Waals surface area contributed by atoms with Crippen LogP contribution in [-0.4, -0.2) is 20.3 Å². The van der Waals surface area contributed by atoms with Gasteiger partial charge in [-0.15, -0.1) is 0 Å². The maximum Gasteiger partial charge on any atom is 0.250 e. The standard InChI is InChI=1S/C26H27N5O/c1-17-15-22-20(24(27)32)12-8-14-31(22)23(17)26-29-21-13-7-3-6-11-19(21)25(30-26)28-16-18-9-4-2-5-10-18/h2,4-5,8-10,12,14-15H,3,6-7,11,13,16H2,1H3,(H2,27,32)(H,28,29,30). The number of hydrogen-bond acceptors (Lipinski definition) is 4. The zero-order valence-electron chi connectivity index (χ0n) is 18.3. The molecular weight excluding hydrogens is 398 g/mol. The van der Waals surface area contributed by atoms with Crippen molar-refractivity contribution in [2.45, 2.75) is 45.6 Å². The summed E-state index contributed by atoms with van der Waals surface area (Å²) in [5.41, 5.74) is 12.4. The summed E-state index contributed by atoms with van der Waals surface area (Å²) in [6.45, 7) is 2.74. The van der Waals surface area contributed by atoms with Gasteiger partial charge in [0.2, 0.25) is 0 Å². The molecule has 6 nitrogen and oxygen atoms in total. The molecule has 0 bridgehead atoms. The first-order valence-corrected chi connectivity index (χ1v) is 11.2. The molecule has 1 aliphatic rings. The second kappa shape index (κ2) is 8.46. The van der Waals surface area contributed by atoms with E-state index in [9.17, 15) is 4.79 Å². The van der Waals surface area contributed by atoms with E-state index in [0.29, 0.717) is 17.9 Å². The number of primary amides is 1. The van der Waals surface area contributed by atoms with Gasteiger partial charge >= 0.3 is 0 Å². The van der Waals surface area contributed by atoms with Crippen LogP contribution in [0.3, 0.4) is 0 Å². The number of rotatable bonds is 5. The second-order valence-corrected chi connectivity index (χ2v) is 8.44. The molecule has 0 unspecified atom stereocenters. The Balaban J connectivity index is 1.63. The van der Waals surface area contributed by atoms with E-state index < -0.39 is 5.91 Å². The molecule has 0 saturated heterocycles. The van der Waals surface area contributed by atoms with Crippen LogP contribution >= 0.6 is 0 Å². The van der Waals surface area contributed by atoms with E-state index in [4.69, 9.17) is 15.7 Å². The fourth-order valence-corrected chi connectivity index (χ4v) is 4.62. The normalized spacial score (nSPS) is 13.5. The first-order chi connectivity index (χ1) is 15.6. The quantitative estimate of drug-likeness (QED) is 0.455. The minimum atomic E-state index is -0.437. The Morgan fingerprint density at radius 1 is 1.06 bits per heavy atom. The molecule has 1 aliphatic carbocycles. The maximum atomic E-state index is 11.9. The molecule has 162 valence electrons. The molecule has 3 aromatic heterocycles. The third kappa shape index (κ3) is 3.73. The van der Waals surface area contributed by atoms with Gasteiger partial charge < -0.3 is 15.5 Å². The summed E-state index contributed by atoms with van der Waals surface area (Å²) < 4.78 is 1.98. The highest BCUT2D eigenvalue weighted by molar-refractivity contribution is 6.00. The number of nitrogens with two attached hydrogens (primary N) is 1. The number of benzene rings is 1.